The summed E-state index contributed by atoms with van der Waals surface area (Å²) in [6.07, 6.45) is 0. The number of carbonyl (C=O) groups is 2. The van der Waals surface area contributed by atoms with E-state index in [1.807, 2.05) is 13.8 Å². The molecule has 1 aromatic carbocycles. The van der Waals surface area contributed by atoms with Gasteiger partial charge in [0.25, 0.3) is 11.8 Å². The Morgan fingerprint density at radius 2 is 1.95 bits per heavy atom. The first-order valence-corrected chi connectivity index (χ1v) is 8.01. The fourth-order valence-corrected chi connectivity index (χ4v) is 2.41. The zero-order chi connectivity index (χ0) is 16.7. The van der Waals surface area contributed by atoms with Crippen molar-refractivity contribution in [3.63, 3.8) is 0 Å². The highest BCUT2D eigenvalue weighted by molar-refractivity contribution is 6.35. The molecular weight excluding hydrogens is 325 g/mol. The van der Waals surface area contributed by atoms with Crippen molar-refractivity contribution in [3.8, 4) is 0 Å². The van der Waals surface area contributed by atoms with Crippen LogP contribution in [0.3, 0.4) is 0 Å². The Kier molecular flexibility index (Phi) is 7.65. The van der Waals surface area contributed by atoms with Gasteiger partial charge in [-0.25, -0.2) is 0 Å². The smallest absolute Gasteiger partial charge is 0.282 e. The number of nitrogens with one attached hydrogen (secondary N) is 3. The van der Waals surface area contributed by atoms with Gasteiger partial charge in [-0.2, -0.15) is 0 Å². The van der Waals surface area contributed by atoms with E-state index in [-0.39, 0.29) is 24.4 Å². The lowest BCUT2D eigenvalue weighted by Gasteiger charge is -2.23. The van der Waals surface area contributed by atoms with E-state index < -0.39 is 0 Å². The summed E-state index contributed by atoms with van der Waals surface area (Å²) in [5, 5.41) is 6.42. The average Bonchev–Trinajstić information content (AvgIpc) is 2.48. The first kappa shape index (κ1) is 18.7. The van der Waals surface area contributed by atoms with Crippen LogP contribution in [-0.4, -0.2) is 37.5 Å². The minimum Gasteiger partial charge on any atom is -0.351 e. The molecule has 22 heavy (non-hydrogen) atoms. The van der Waals surface area contributed by atoms with Crippen LogP contribution in [0.2, 0.25) is 10.0 Å². The van der Waals surface area contributed by atoms with Crippen LogP contribution < -0.4 is 15.5 Å². The molecule has 0 radical (unpaired) electrons. The van der Waals surface area contributed by atoms with Gasteiger partial charge in [0, 0.05) is 11.6 Å². The molecule has 0 saturated heterocycles. The SMILES string of the molecule is CCNC(=O)C[NH+](CC)[C@H](C)C(=O)Nc1cc(Cl)ccc1Cl. The van der Waals surface area contributed by atoms with Gasteiger partial charge in [0.15, 0.2) is 12.6 Å². The van der Waals surface area contributed by atoms with Crippen molar-refractivity contribution in [1.82, 2.24) is 5.32 Å². The van der Waals surface area contributed by atoms with Crippen LogP contribution in [0, 0.1) is 0 Å². The normalized spacial score (nSPS) is 13.3. The molecule has 5 nitrogen and oxygen atoms in total. The molecule has 7 heteroatoms. The maximum atomic E-state index is 12.4. The maximum absolute atomic E-state index is 12.4. The van der Waals surface area contributed by atoms with Gasteiger partial charge in [0.2, 0.25) is 0 Å². The van der Waals surface area contributed by atoms with E-state index in [0.717, 1.165) is 4.90 Å². The standard InChI is InChI=1S/C15H21Cl2N3O2/c1-4-18-14(21)9-20(5-2)10(3)15(22)19-13-8-11(16)6-7-12(13)17/h6-8,10H,4-5,9H2,1-3H3,(H,18,21)(H,19,22)/p+1/t10-/m1/s1. The summed E-state index contributed by atoms with van der Waals surface area (Å²) in [7, 11) is 0. The van der Waals surface area contributed by atoms with Crippen LogP contribution in [0.4, 0.5) is 5.69 Å². The molecule has 0 aliphatic heterocycles. The van der Waals surface area contributed by atoms with Crippen LogP contribution >= 0.6 is 23.2 Å². The van der Waals surface area contributed by atoms with Gasteiger partial charge < -0.3 is 15.5 Å². The molecule has 0 bridgehead atoms. The Morgan fingerprint density at radius 3 is 2.55 bits per heavy atom. The molecular formula is C15H22Cl2N3O2+. The Labute approximate surface area is 141 Å². The van der Waals surface area contributed by atoms with Crippen molar-refractivity contribution in [2.75, 3.05) is 25.0 Å². The van der Waals surface area contributed by atoms with Gasteiger partial charge in [-0.1, -0.05) is 23.2 Å². The molecule has 0 aliphatic carbocycles. The minimum absolute atomic E-state index is 0.0696. The van der Waals surface area contributed by atoms with Gasteiger partial charge >= 0.3 is 0 Å². The molecule has 1 unspecified atom stereocenters. The third-order valence-corrected chi connectivity index (χ3v) is 3.97. The summed E-state index contributed by atoms with van der Waals surface area (Å²) in [6.45, 7) is 7.07. The number of benzene rings is 1. The highest BCUT2D eigenvalue weighted by Gasteiger charge is 2.26. The van der Waals surface area contributed by atoms with E-state index in [9.17, 15) is 9.59 Å². The molecule has 0 aromatic heterocycles. The molecule has 122 valence electrons. The molecule has 0 spiro atoms. The van der Waals surface area contributed by atoms with Crippen molar-refractivity contribution < 1.29 is 14.5 Å². The number of hydrogen-bond donors (Lipinski definition) is 3. The van der Waals surface area contributed by atoms with Crippen molar-refractivity contribution in [2.24, 2.45) is 0 Å². The van der Waals surface area contributed by atoms with Crippen LogP contribution in [0.25, 0.3) is 0 Å². The number of halogens is 2. The van der Waals surface area contributed by atoms with Crippen molar-refractivity contribution in [3.05, 3.63) is 28.2 Å². The van der Waals surface area contributed by atoms with E-state index in [0.29, 0.717) is 28.8 Å². The lowest BCUT2D eigenvalue weighted by atomic mass is 10.2. The summed E-state index contributed by atoms with van der Waals surface area (Å²) in [4.78, 5) is 24.9. The Bertz CT molecular complexity index is 538. The van der Waals surface area contributed by atoms with Gasteiger partial charge in [0.1, 0.15) is 0 Å². The third-order valence-electron chi connectivity index (χ3n) is 3.41. The molecule has 1 aromatic rings. The molecule has 0 aliphatic rings. The highest BCUT2D eigenvalue weighted by Crippen LogP contribution is 2.25. The lowest BCUT2D eigenvalue weighted by molar-refractivity contribution is -0.904. The first-order chi connectivity index (χ1) is 10.4. The van der Waals surface area contributed by atoms with E-state index in [4.69, 9.17) is 23.2 Å². The number of hydrogen-bond acceptors (Lipinski definition) is 2. The van der Waals surface area contributed by atoms with Gasteiger partial charge in [-0.3, -0.25) is 9.59 Å². The second kappa shape index (κ2) is 8.98. The predicted octanol–water partition coefficient (Wildman–Crippen LogP) is 1.36. The van der Waals surface area contributed by atoms with Crippen molar-refractivity contribution >= 4 is 40.7 Å². The van der Waals surface area contributed by atoms with Crippen molar-refractivity contribution in [1.29, 1.82) is 0 Å². The fraction of sp³-hybridized carbons (Fsp3) is 0.467. The summed E-state index contributed by atoms with van der Waals surface area (Å²) in [5.74, 6) is -0.273. The zero-order valence-corrected chi connectivity index (χ0v) is 14.5. The number of quaternary nitrogens is 1. The van der Waals surface area contributed by atoms with E-state index >= 15 is 0 Å². The second-order valence-corrected chi connectivity index (χ2v) is 5.82. The monoisotopic (exact) mass is 346 g/mol. The predicted molar refractivity (Wildman–Crippen MR) is 89.6 cm³/mol. The largest absolute Gasteiger partial charge is 0.351 e. The first-order valence-electron chi connectivity index (χ1n) is 7.26. The molecule has 0 saturated carbocycles. The minimum atomic E-state index is -0.386. The van der Waals surface area contributed by atoms with E-state index in [1.165, 1.54) is 0 Å². The van der Waals surface area contributed by atoms with Crippen LogP contribution in [-0.2, 0) is 9.59 Å². The number of anilines is 1. The van der Waals surface area contributed by atoms with Crippen LogP contribution in [0.1, 0.15) is 20.8 Å². The number of amides is 2. The molecule has 0 fully saturated rings. The Morgan fingerprint density at radius 1 is 1.27 bits per heavy atom. The fourth-order valence-electron chi connectivity index (χ4n) is 2.07. The van der Waals surface area contributed by atoms with Gasteiger partial charge in [-0.15, -0.1) is 0 Å². The quantitative estimate of drug-likeness (QED) is 0.698. The third kappa shape index (κ3) is 5.48. The highest BCUT2D eigenvalue weighted by atomic mass is 35.5. The van der Waals surface area contributed by atoms with Crippen molar-refractivity contribution in [2.45, 2.75) is 26.8 Å². The Hall–Kier alpha value is -1.30. The number of rotatable bonds is 7. The van der Waals surface area contributed by atoms with Gasteiger partial charge in [-0.05, 0) is 39.0 Å². The zero-order valence-electron chi connectivity index (χ0n) is 13.0. The molecule has 2 amide bonds. The van der Waals surface area contributed by atoms with E-state index in [1.54, 1.807) is 25.1 Å². The van der Waals surface area contributed by atoms with Crippen LogP contribution in [0.5, 0.6) is 0 Å². The van der Waals surface area contributed by atoms with E-state index in [2.05, 4.69) is 10.6 Å². The number of carbonyl (C=O) groups excluding carboxylic acids is 2. The summed E-state index contributed by atoms with van der Waals surface area (Å²) in [6, 6.07) is 4.50. The average molecular weight is 347 g/mol. The maximum Gasteiger partial charge on any atom is 0.282 e. The van der Waals surface area contributed by atoms with Gasteiger partial charge in [0.05, 0.1) is 17.3 Å². The Balaban J connectivity index is 2.73. The lowest BCUT2D eigenvalue weighted by Crippen LogP contribution is -3.17. The molecule has 0 heterocycles. The summed E-state index contributed by atoms with van der Waals surface area (Å²) in [5.41, 5.74) is 0.472. The van der Waals surface area contributed by atoms with Crippen LogP contribution in [0.15, 0.2) is 18.2 Å². The second-order valence-electron chi connectivity index (χ2n) is 4.98. The topological polar surface area (TPSA) is 62.6 Å². The molecule has 2 atom stereocenters. The molecule has 3 N–H and O–H groups in total. The summed E-state index contributed by atoms with van der Waals surface area (Å²) >= 11 is 11.9. The summed E-state index contributed by atoms with van der Waals surface area (Å²) < 4.78 is 0. The number of likely N-dealkylation sites (N-methyl/N-ethyl adjacent to an activating group) is 2. The molecule has 1 rings (SSSR count).